The van der Waals surface area contributed by atoms with Crippen molar-refractivity contribution in [3.8, 4) is 0 Å². The molecule has 1 amide bonds. The summed E-state index contributed by atoms with van der Waals surface area (Å²) in [5, 5.41) is 4.71. The maximum atomic E-state index is 13.1. The first-order valence-electron chi connectivity index (χ1n) is 9.33. The van der Waals surface area contributed by atoms with Gasteiger partial charge in [-0.15, -0.1) is 0 Å². The molecular formula is C21H22N2O4S. The molecule has 1 N–H and O–H groups in total. The van der Waals surface area contributed by atoms with Gasteiger partial charge in [0.05, 0.1) is 23.6 Å². The molecule has 2 heterocycles. The number of furan rings is 1. The van der Waals surface area contributed by atoms with Crippen molar-refractivity contribution in [1.29, 1.82) is 0 Å². The van der Waals surface area contributed by atoms with E-state index in [1.165, 1.54) is 4.31 Å². The third kappa shape index (κ3) is 3.81. The number of hydrogen-bond acceptors (Lipinski definition) is 4. The molecule has 1 aliphatic rings. The van der Waals surface area contributed by atoms with Gasteiger partial charge in [-0.05, 0) is 47.9 Å². The molecule has 2 aromatic carbocycles. The Morgan fingerprint density at radius 3 is 2.71 bits per heavy atom. The number of nitrogens with one attached hydrogen (secondary N) is 1. The maximum absolute atomic E-state index is 13.1. The number of carbonyl (C=O) groups excluding carboxylic acids is 1. The molecule has 146 valence electrons. The number of carbonyl (C=O) groups is 1. The van der Waals surface area contributed by atoms with Crippen LogP contribution in [0.25, 0.3) is 10.8 Å². The zero-order valence-electron chi connectivity index (χ0n) is 15.4. The summed E-state index contributed by atoms with van der Waals surface area (Å²) < 4.78 is 32.9. The van der Waals surface area contributed by atoms with Crippen molar-refractivity contribution in [2.24, 2.45) is 5.92 Å². The van der Waals surface area contributed by atoms with Crippen LogP contribution in [-0.4, -0.2) is 31.7 Å². The third-order valence-corrected chi connectivity index (χ3v) is 6.99. The summed E-state index contributed by atoms with van der Waals surface area (Å²) >= 11 is 0. The molecule has 3 aromatic rings. The second-order valence-electron chi connectivity index (χ2n) is 7.01. The Morgan fingerprint density at radius 1 is 1.11 bits per heavy atom. The summed E-state index contributed by atoms with van der Waals surface area (Å²) in [7, 11) is -3.64. The molecule has 4 rings (SSSR count). The van der Waals surface area contributed by atoms with Gasteiger partial charge in [-0.2, -0.15) is 4.31 Å². The number of piperidine rings is 1. The Bertz CT molecular complexity index is 1080. The van der Waals surface area contributed by atoms with Crippen LogP contribution in [0.1, 0.15) is 18.6 Å². The molecule has 1 aliphatic heterocycles. The van der Waals surface area contributed by atoms with Crippen molar-refractivity contribution in [2.75, 3.05) is 13.1 Å². The van der Waals surface area contributed by atoms with E-state index in [0.29, 0.717) is 31.7 Å². The van der Waals surface area contributed by atoms with Gasteiger partial charge >= 0.3 is 0 Å². The zero-order chi connectivity index (χ0) is 19.6. The van der Waals surface area contributed by atoms with E-state index in [1.807, 2.05) is 30.3 Å². The minimum Gasteiger partial charge on any atom is -0.467 e. The van der Waals surface area contributed by atoms with Crippen molar-refractivity contribution in [1.82, 2.24) is 9.62 Å². The Balaban J connectivity index is 1.48. The highest BCUT2D eigenvalue weighted by Gasteiger charge is 2.33. The first-order valence-corrected chi connectivity index (χ1v) is 10.8. The molecule has 0 aliphatic carbocycles. The standard InChI is InChI=1S/C21H22N2O4S/c24-21(22-14-19-8-4-12-27-19)18-7-3-11-23(15-18)28(25,26)20-10-9-16-5-1-2-6-17(16)13-20/h1-2,4-6,8-10,12-13,18H,3,7,11,14-15H2,(H,22,24)/t18-/m1/s1. The van der Waals surface area contributed by atoms with Gasteiger partial charge in [0.1, 0.15) is 5.76 Å². The van der Waals surface area contributed by atoms with Crippen LogP contribution < -0.4 is 5.32 Å². The molecule has 7 heteroatoms. The van der Waals surface area contributed by atoms with E-state index < -0.39 is 10.0 Å². The molecule has 0 spiro atoms. The Morgan fingerprint density at radius 2 is 1.93 bits per heavy atom. The molecule has 0 bridgehead atoms. The van der Waals surface area contributed by atoms with Crippen LogP contribution in [-0.2, 0) is 21.4 Å². The SMILES string of the molecule is O=C(NCc1ccco1)[C@@H]1CCCN(S(=O)(=O)c2ccc3ccccc3c2)C1. The van der Waals surface area contributed by atoms with Gasteiger partial charge in [0.25, 0.3) is 0 Å². The first-order chi connectivity index (χ1) is 13.5. The summed E-state index contributed by atoms with van der Waals surface area (Å²) in [6, 6.07) is 16.4. The zero-order valence-corrected chi connectivity index (χ0v) is 16.2. The summed E-state index contributed by atoms with van der Waals surface area (Å²) in [4.78, 5) is 12.8. The van der Waals surface area contributed by atoms with E-state index in [-0.39, 0.29) is 23.3 Å². The smallest absolute Gasteiger partial charge is 0.243 e. The van der Waals surface area contributed by atoms with E-state index in [2.05, 4.69) is 5.32 Å². The molecule has 0 saturated carbocycles. The van der Waals surface area contributed by atoms with Gasteiger partial charge in [-0.25, -0.2) is 8.42 Å². The second-order valence-corrected chi connectivity index (χ2v) is 8.95. The van der Waals surface area contributed by atoms with Crippen LogP contribution >= 0.6 is 0 Å². The average molecular weight is 398 g/mol. The topological polar surface area (TPSA) is 79.6 Å². The molecule has 1 fully saturated rings. The monoisotopic (exact) mass is 398 g/mol. The number of hydrogen-bond donors (Lipinski definition) is 1. The summed E-state index contributed by atoms with van der Waals surface area (Å²) in [6.07, 6.45) is 2.89. The molecule has 0 radical (unpaired) electrons. The van der Waals surface area contributed by atoms with Gasteiger partial charge in [-0.1, -0.05) is 30.3 Å². The number of sulfonamides is 1. The predicted octanol–water partition coefficient (Wildman–Crippen LogP) is 3.15. The Kier molecular flexibility index (Phi) is 5.19. The van der Waals surface area contributed by atoms with Crippen LogP contribution in [0.4, 0.5) is 0 Å². The van der Waals surface area contributed by atoms with E-state index in [4.69, 9.17) is 4.42 Å². The normalized spacial score (nSPS) is 18.2. The minimum absolute atomic E-state index is 0.144. The van der Waals surface area contributed by atoms with Gasteiger partial charge in [0.15, 0.2) is 0 Å². The Labute approximate surface area is 164 Å². The molecule has 28 heavy (non-hydrogen) atoms. The molecule has 1 saturated heterocycles. The lowest BCUT2D eigenvalue weighted by Gasteiger charge is -2.31. The van der Waals surface area contributed by atoms with E-state index >= 15 is 0 Å². The molecule has 6 nitrogen and oxygen atoms in total. The van der Waals surface area contributed by atoms with Crippen molar-refractivity contribution in [2.45, 2.75) is 24.3 Å². The van der Waals surface area contributed by atoms with Crippen molar-refractivity contribution >= 4 is 26.7 Å². The van der Waals surface area contributed by atoms with E-state index in [1.54, 1.807) is 30.5 Å². The molecule has 0 unspecified atom stereocenters. The number of nitrogens with zero attached hydrogens (tertiary/aromatic N) is 1. The summed E-state index contributed by atoms with van der Waals surface area (Å²) in [6.45, 7) is 0.927. The van der Waals surface area contributed by atoms with E-state index in [0.717, 1.165) is 10.8 Å². The molecule has 1 aromatic heterocycles. The fourth-order valence-electron chi connectivity index (χ4n) is 3.58. The lowest BCUT2D eigenvalue weighted by Crippen LogP contribution is -2.45. The van der Waals surface area contributed by atoms with Gasteiger partial charge in [-0.3, -0.25) is 4.79 Å². The third-order valence-electron chi connectivity index (χ3n) is 5.13. The van der Waals surface area contributed by atoms with Gasteiger partial charge < -0.3 is 9.73 Å². The van der Waals surface area contributed by atoms with Gasteiger partial charge in [0, 0.05) is 13.1 Å². The van der Waals surface area contributed by atoms with Gasteiger partial charge in [0.2, 0.25) is 15.9 Å². The van der Waals surface area contributed by atoms with Crippen molar-refractivity contribution in [3.63, 3.8) is 0 Å². The largest absolute Gasteiger partial charge is 0.467 e. The molecular weight excluding hydrogens is 376 g/mol. The fraction of sp³-hybridized carbons (Fsp3) is 0.286. The predicted molar refractivity (Wildman–Crippen MR) is 106 cm³/mol. The van der Waals surface area contributed by atoms with Crippen LogP contribution in [0.3, 0.4) is 0 Å². The lowest BCUT2D eigenvalue weighted by molar-refractivity contribution is -0.126. The Hall–Kier alpha value is -2.64. The van der Waals surface area contributed by atoms with Crippen molar-refractivity contribution < 1.29 is 17.6 Å². The molecule has 1 atom stereocenters. The minimum atomic E-state index is -3.64. The van der Waals surface area contributed by atoms with Crippen LogP contribution in [0, 0.1) is 5.92 Å². The van der Waals surface area contributed by atoms with Crippen molar-refractivity contribution in [3.05, 3.63) is 66.6 Å². The number of fused-ring (bicyclic) bond motifs is 1. The first kappa shape index (κ1) is 18.7. The van der Waals surface area contributed by atoms with E-state index in [9.17, 15) is 13.2 Å². The second kappa shape index (κ2) is 7.77. The maximum Gasteiger partial charge on any atom is 0.243 e. The van der Waals surface area contributed by atoms with Crippen LogP contribution in [0.5, 0.6) is 0 Å². The fourth-order valence-corrected chi connectivity index (χ4v) is 5.14. The summed E-state index contributed by atoms with van der Waals surface area (Å²) in [5.74, 6) is 0.165. The number of amides is 1. The highest BCUT2D eigenvalue weighted by atomic mass is 32.2. The quantitative estimate of drug-likeness (QED) is 0.716. The van der Waals surface area contributed by atoms with Crippen LogP contribution in [0.15, 0.2) is 70.2 Å². The number of benzene rings is 2. The summed E-state index contributed by atoms with van der Waals surface area (Å²) in [5.41, 5.74) is 0. The highest BCUT2D eigenvalue weighted by molar-refractivity contribution is 7.89. The number of rotatable bonds is 5. The highest BCUT2D eigenvalue weighted by Crippen LogP contribution is 2.26. The average Bonchev–Trinajstić information content (AvgIpc) is 3.25. The van der Waals surface area contributed by atoms with Crippen LogP contribution in [0.2, 0.25) is 0 Å². The lowest BCUT2D eigenvalue weighted by atomic mass is 9.99.